The van der Waals surface area contributed by atoms with Gasteiger partial charge in [0.1, 0.15) is 11.5 Å². The highest BCUT2D eigenvalue weighted by Gasteiger charge is 2.14. The molecule has 0 spiro atoms. The number of hydrogen-bond donors (Lipinski definition) is 0. The largest absolute Gasteiger partial charge is 0.482 e. The third-order valence-electron chi connectivity index (χ3n) is 3.47. The molecule has 0 aromatic heterocycles. The predicted molar refractivity (Wildman–Crippen MR) is 93.1 cm³/mol. The molecule has 0 saturated carbocycles. The lowest BCUT2D eigenvalue weighted by Gasteiger charge is -2.18. The van der Waals surface area contributed by atoms with Crippen LogP contribution in [0.15, 0.2) is 42.5 Å². The fourth-order valence-corrected chi connectivity index (χ4v) is 2.34. The van der Waals surface area contributed by atoms with Crippen molar-refractivity contribution in [2.24, 2.45) is 0 Å². The first-order chi connectivity index (χ1) is 12.8. The van der Waals surface area contributed by atoms with Gasteiger partial charge in [-0.15, -0.1) is 0 Å². The quantitative estimate of drug-likeness (QED) is 0.496. The summed E-state index contributed by atoms with van der Waals surface area (Å²) in [5, 5.41) is 10.7. The maximum absolute atomic E-state index is 12.1. The Kier molecular flexibility index (Phi) is 6.89. The molecule has 2 aromatic carbocycles. The molecule has 2 rings (SSSR count). The number of benzene rings is 2. The normalized spacial score (nSPS) is 10.6. The van der Waals surface area contributed by atoms with Gasteiger partial charge < -0.3 is 14.4 Å². The van der Waals surface area contributed by atoms with Crippen molar-refractivity contribution in [3.63, 3.8) is 0 Å². The van der Waals surface area contributed by atoms with Crippen molar-refractivity contribution in [2.45, 2.75) is 13.2 Å². The van der Waals surface area contributed by atoms with Crippen LogP contribution < -0.4 is 9.47 Å². The highest BCUT2D eigenvalue weighted by Crippen LogP contribution is 2.28. The molecule has 0 N–H and O–H groups in total. The van der Waals surface area contributed by atoms with Gasteiger partial charge in [0.2, 0.25) is 0 Å². The molecule has 1 amide bonds. The topological polar surface area (TPSA) is 81.9 Å². The lowest BCUT2D eigenvalue weighted by Crippen LogP contribution is -2.31. The fraction of sp³-hybridized carbons (Fsp3) is 0.235. The van der Waals surface area contributed by atoms with Crippen molar-refractivity contribution in [3.8, 4) is 11.5 Å². The lowest BCUT2D eigenvalue weighted by atomic mass is 10.2. The molecule has 0 fully saturated rings. The number of rotatable bonds is 8. The summed E-state index contributed by atoms with van der Waals surface area (Å²) in [5.41, 5.74) is 0.524. The zero-order chi connectivity index (χ0) is 20.0. The lowest BCUT2D eigenvalue weighted by molar-refractivity contribution is -0.384. The standard InChI is InChI=1S/C17H15ClF2N2O5/c1-21(9-11-2-5-13(6-3-11)27-17(19)20)16(23)10-26-15-7-4-12(22(24)25)8-14(15)18/h2-8,17H,9-10H2,1H3. The SMILES string of the molecule is CN(Cc1ccc(OC(F)F)cc1)C(=O)COc1ccc([N+](=O)[O-])cc1Cl. The molecule has 0 unspecified atom stereocenters. The minimum absolute atomic E-state index is 0.0225. The molecular formula is C17H15ClF2N2O5. The van der Waals surface area contributed by atoms with Crippen LogP contribution in [0, 0.1) is 10.1 Å². The number of ether oxygens (including phenoxy) is 2. The van der Waals surface area contributed by atoms with Gasteiger partial charge in [-0.2, -0.15) is 8.78 Å². The van der Waals surface area contributed by atoms with Gasteiger partial charge in [0.25, 0.3) is 11.6 Å². The highest BCUT2D eigenvalue weighted by molar-refractivity contribution is 6.32. The number of likely N-dealkylation sites (N-methyl/N-ethyl adjacent to an activating group) is 1. The maximum atomic E-state index is 12.1. The summed E-state index contributed by atoms with van der Waals surface area (Å²) in [6.07, 6.45) is 0. The number of nitro benzene ring substituents is 1. The van der Waals surface area contributed by atoms with Crippen LogP contribution >= 0.6 is 11.6 Å². The number of hydrogen-bond acceptors (Lipinski definition) is 5. The third-order valence-corrected chi connectivity index (χ3v) is 3.77. The number of halogens is 3. The fourth-order valence-electron chi connectivity index (χ4n) is 2.11. The molecule has 0 heterocycles. The third kappa shape index (κ3) is 6.07. The number of alkyl halides is 2. The van der Waals surface area contributed by atoms with Gasteiger partial charge in [0.15, 0.2) is 6.61 Å². The Morgan fingerprint density at radius 3 is 2.48 bits per heavy atom. The highest BCUT2D eigenvalue weighted by atomic mass is 35.5. The second-order valence-electron chi connectivity index (χ2n) is 5.43. The van der Waals surface area contributed by atoms with Gasteiger partial charge >= 0.3 is 6.61 Å². The molecule has 0 aliphatic carbocycles. The summed E-state index contributed by atoms with van der Waals surface area (Å²) in [7, 11) is 1.55. The Morgan fingerprint density at radius 2 is 1.93 bits per heavy atom. The van der Waals surface area contributed by atoms with Gasteiger partial charge in [0, 0.05) is 25.7 Å². The van der Waals surface area contributed by atoms with Crippen LogP contribution in [0.1, 0.15) is 5.56 Å². The van der Waals surface area contributed by atoms with Crippen LogP contribution in [-0.2, 0) is 11.3 Å². The van der Waals surface area contributed by atoms with Crippen molar-refractivity contribution < 1.29 is 28.0 Å². The van der Waals surface area contributed by atoms with E-state index < -0.39 is 11.5 Å². The molecule has 0 saturated heterocycles. The van der Waals surface area contributed by atoms with E-state index in [1.54, 1.807) is 19.2 Å². The minimum atomic E-state index is -2.90. The number of carbonyl (C=O) groups excluding carboxylic acids is 1. The van der Waals surface area contributed by atoms with Crippen molar-refractivity contribution in [2.75, 3.05) is 13.7 Å². The summed E-state index contributed by atoms with van der Waals surface area (Å²) in [4.78, 5) is 23.6. The maximum Gasteiger partial charge on any atom is 0.387 e. The van der Waals surface area contributed by atoms with Crippen molar-refractivity contribution in [1.82, 2.24) is 4.90 Å². The van der Waals surface area contributed by atoms with E-state index in [-0.39, 0.29) is 41.3 Å². The summed E-state index contributed by atoms with van der Waals surface area (Å²) in [5.74, 6) is -0.186. The van der Waals surface area contributed by atoms with E-state index in [1.807, 2.05) is 0 Å². The van der Waals surface area contributed by atoms with Crippen LogP contribution in [0.4, 0.5) is 14.5 Å². The second kappa shape index (κ2) is 9.13. The van der Waals surface area contributed by atoms with Crippen LogP contribution in [0.25, 0.3) is 0 Å². The van der Waals surface area contributed by atoms with Gasteiger partial charge in [0.05, 0.1) is 9.95 Å². The zero-order valence-corrected chi connectivity index (χ0v) is 14.9. The predicted octanol–water partition coefficient (Wildman–Crippen LogP) is 3.89. The van der Waals surface area contributed by atoms with E-state index in [0.717, 1.165) is 6.07 Å². The number of carbonyl (C=O) groups is 1. The Bertz CT molecular complexity index is 817. The number of non-ortho nitro benzene ring substituents is 1. The van der Waals surface area contributed by atoms with E-state index in [0.29, 0.717) is 5.56 Å². The smallest absolute Gasteiger partial charge is 0.387 e. The Labute approximate surface area is 158 Å². The molecule has 0 radical (unpaired) electrons. The molecule has 144 valence electrons. The summed E-state index contributed by atoms with van der Waals surface area (Å²) >= 11 is 5.90. The van der Waals surface area contributed by atoms with E-state index in [1.165, 1.54) is 29.2 Å². The van der Waals surface area contributed by atoms with Crippen molar-refractivity contribution >= 4 is 23.2 Å². The Morgan fingerprint density at radius 1 is 1.26 bits per heavy atom. The molecule has 7 nitrogen and oxygen atoms in total. The van der Waals surface area contributed by atoms with Gasteiger partial charge in [-0.05, 0) is 23.8 Å². The molecule has 0 aliphatic heterocycles. The number of amides is 1. The average molecular weight is 401 g/mol. The van der Waals surface area contributed by atoms with Crippen LogP contribution in [0.5, 0.6) is 11.5 Å². The Balaban J connectivity index is 1.89. The molecule has 0 atom stereocenters. The van der Waals surface area contributed by atoms with E-state index in [9.17, 15) is 23.7 Å². The molecule has 2 aromatic rings. The van der Waals surface area contributed by atoms with E-state index in [4.69, 9.17) is 16.3 Å². The monoisotopic (exact) mass is 400 g/mol. The van der Waals surface area contributed by atoms with Crippen LogP contribution in [-0.4, -0.2) is 36.0 Å². The van der Waals surface area contributed by atoms with Crippen LogP contribution in [0.3, 0.4) is 0 Å². The molecule has 0 bridgehead atoms. The van der Waals surface area contributed by atoms with Crippen LogP contribution in [0.2, 0.25) is 5.02 Å². The van der Waals surface area contributed by atoms with E-state index >= 15 is 0 Å². The van der Waals surface area contributed by atoms with E-state index in [2.05, 4.69) is 4.74 Å². The molecule has 10 heteroatoms. The van der Waals surface area contributed by atoms with Crippen molar-refractivity contribution in [3.05, 3.63) is 63.2 Å². The zero-order valence-electron chi connectivity index (χ0n) is 14.1. The second-order valence-corrected chi connectivity index (χ2v) is 5.84. The Hall–Kier alpha value is -2.94. The first-order valence-electron chi connectivity index (χ1n) is 7.60. The van der Waals surface area contributed by atoms with Crippen molar-refractivity contribution in [1.29, 1.82) is 0 Å². The molecule has 27 heavy (non-hydrogen) atoms. The molecule has 0 aliphatic rings. The van der Waals surface area contributed by atoms with Gasteiger partial charge in [-0.3, -0.25) is 14.9 Å². The minimum Gasteiger partial charge on any atom is -0.482 e. The summed E-state index contributed by atoms with van der Waals surface area (Å²) in [6.45, 7) is -2.99. The number of nitrogens with zero attached hydrogens (tertiary/aromatic N) is 2. The first-order valence-corrected chi connectivity index (χ1v) is 7.98. The van der Waals surface area contributed by atoms with Gasteiger partial charge in [-0.25, -0.2) is 0 Å². The molecular weight excluding hydrogens is 386 g/mol. The summed E-state index contributed by atoms with van der Waals surface area (Å²) in [6, 6.07) is 9.56. The van der Waals surface area contributed by atoms with Gasteiger partial charge in [-0.1, -0.05) is 23.7 Å². The average Bonchev–Trinajstić information content (AvgIpc) is 2.61. The summed E-state index contributed by atoms with van der Waals surface area (Å²) < 4.78 is 33.8. The first kappa shape index (κ1) is 20.4. The number of nitro groups is 1.